The minimum absolute atomic E-state index is 0.0231. The molecule has 0 aliphatic carbocycles. The van der Waals surface area contributed by atoms with Crippen LogP contribution in [0.4, 0.5) is 0 Å². The van der Waals surface area contributed by atoms with E-state index in [1.807, 2.05) is 0 Å². The fourth-order valence-electron chi connectivity index (χ4n) is 7.74. The molecular weight excluding hydrogens is 1090 g/mol. The van der Waals surface area contributed by atoms with Gasteiger partial charge in [-0.2, -0.15) is 25.3 Å². The Bertz CT molecular complexity index is 2430. The molecule has 2 rings (SSSR count). The molecule has 0 spiro atoms. The first-order chi connectivity index (χ1) is 38.4. The van der Waals surface area contributed by atoms with Gasteiger partial charge in [-0.15, -0.1) is 0 Å². The molecule has 0 heterocycles. The van der Waals surface area contributed by atoms with Crippen LogP contribution in [0.15, 0.2) is 60.7 Å². The molecule has 20 N–H and O–H groups in total. The van der Waals surface area contributed by atoms with E-state index in [1.165, 1.54) is 13.8 Å². The zero-order valence-corrected chi connectivity index (χ0v) is 47.3. The van der Waals surface area contributed by atoms with E-state index in [1.54, 1.807) is 60.7 Å². The summed E-state index contributed by atoms with van der Waals surface area (Å²) in [4.78, 5) is 159. The molecule has 11 amide bonds. The average Bonchev–Trinajstić information content (AvgIpc) is 3.44. The Morgan fingerprint density at radius 1 is 0.420 bits per heavy atom. The Hall–Kier alpha value is -7.34. The van der Waals surface area contributed by atoms with E-state index >= 15 is 0 Å². The maximum absolute atomic E-state index is 14.2. The second-order valence-corrected chi connectivity index (χ2v) is 19.9. The van der Waals surface area contributed by atoms with Crippen molar-refractivity contribution in [3.8, 4) is 0 Å². The Morgan fingerprint density at radius 3 is 1.07 bits per heavy atom. The van der Waals surface area contributed by atoms with Crippen molar-refractivity contribution in [3.05, 3.63) is 71.8 Å². The highest BCUT2D eigenvalue weighted by Gasteiger charge is 2.35. The molecule has 0 fully saturated rings. The summed E-state index contributed by atoms with van der Waals surface area (Å²) in [7, 11) is 0. The predicted molar refractivity (Wildman–Crippen MR) is 305 cm³/mol. The first kappa shape index (κ1) is 69.8. The van der Waals surface area contributed by atoms with Crippen molar-refractivity contribution in [2.24, 2.45) is 28.7 Å². The van der Waals surface area contributed by atoms with Gasteiger partial charge in [0.05, 0.1) is 6.04 Å². The number of nitrogens with two attached hydrogens (primary N) is 5. The molecular formula is C52H80N14O13S2. The third-order valence-corrected chi connectivity index (χ3v) is 13.1. The van der Waals surface area contributed by atoms with Gasteiger partial charge in [0.15, 0.2) is 0 Å². The van der Waals surface area contributed by atoms with E-state index in [4.69, 9.17) is 28.7 Å². The molecule has 10 atom stereocenters. The fourth-order valence-corrected chi connectivity index (χ4v) is 8.26. The van der Waals surface area contributed by atoms with Gasteiger partial charge in [0.25, 0.3) is 0 Å². The van der Waals surface area contributed by atoms with Gasteiger partial charge in [0.2, 0.25) is 65.0 Å². The summed E-state index contributed by atoms with van der Waals surface area (Å²) in [6, 6.07) is 3.28. The summed E-state index contributed by atoms with van der Waals surface area (Å²) in [5.74, 6) is -11.3. The number of hydrogen-bond donors (Lipinski definition) is 17. The molecule has 2 aromatic rings. The van der Waals surface area contributed by atoms with Crippen LogP contribution in [0.2, 0.25) is 0 Å². The number of carbonyl (C=O) groups is 12. The van der Waals surface area contributed by atoms with Gasteiger partial charge >= 0.3 is 5.97 Å². The molecule has 0 unspecified atom stereocenters. The highest BCUT2D eigenvalue weighted by molar-refractivity contribution is 7.80. The lowest BCUT2D eigenvalue weighted by Crippen LogP contribution is -2.60. The molecule has 0 saturated heterocycles. The monoisotopic (exact) mass is 1170 g/mol. The van der Waals surface area contributed by atoms with Crippen molar-refractivity contribution in [2.75, 3.05) is 24.6 Å². The summed E-state index contributed by atoms with van der Waals surface area (Å²) in [5.41, 5.74) is 28.9. The third-order valence-electron chi connectivity index (χ3n) is 12.4. The fraction of sp³-hybridized carbons (Fsp3) is 0.538. The van der Waals surface area contributed by atoms with Crippen LogP contribution >= 0.6 is 25.3 Å². The molecule has 0 aliphatic rings. The van der Waals surface area contributed by atoms with E-state index in [-0.39, 0.29) is 69.5 Å². The van der Waals surface area contributed by atoms with Crippen LogP contribution < -0.4 is 76.5 Å². The average molecular weight is 1170 g/mol. The van der Waals surface area contributed by atoms with Crippen molar-refractivity contribution in [1.29, 1.82) is 0 Å². The lowest BCUT2D eigenvalue weighted by molar-refractivity contribution is -0.142. The van der Waals surface area contributed by atoms with Crippen LogP contribution in [0.1, 0.15) is 89.2 Å². The molecule has 27 nitrogen and oxygen atoms in total. The first-order valence-corrected chi connectivity index (χ1v) is 27.7. The number of carboxylic acids is 1. The number of thiol groups is 2. The number of unbranched alkanes of at least 4 members (excludes halogenated alkanes) is 2. The minimum Gasteiger partial charge on any atom is -0.480 e. The van der Waals surface area contributed by atoms with Crippen LogP contribution in [0.5, 0.6) is 0 Å². The number of nitrogens with one attached hydrogen (secondary N) is 9. The van der Waals surface area contributed by atoms with E-state index in [0.29, 0.717) is 36.8 Å². The van der Waals surface area contributed by atoms with Crippen LogP contribution in [-0.4, -0.2) is 161 Å². The van der Waals surface area contributed by atoms with Gasteiger partial charge in [0, 0.05) is 37.2 Å². The molecule has 0 aromatic heterocycles. The number of rotatable bonds is 39. The topological polar surface area (TPSA) is 463 Å². The van der Waals surface area contributed by atoms with Crippen molar-refractivity contribution in [2.45, 2.75) is 151 Å². The number of carbonyl (C=O) groups excluding carboxylic acids is 11. The van der Waals surface area contributed by atoms with Crippen LogP contribution in [0, 0.1) is 0 Å². The summed E-state index contributed by atoms with van der Waals surface area (Å²) >= 11 is 8.39. The molecule has 448 valence electrons. The summed E-state index contributed by atoms with van der Waals surface area (Å²) < 4.78 is 0. The highest BCUT2D eigenvalue weighted by Crippen LogP contribution is 2.11. The van der Waals surface area contributed by atoms with E-state index in [9.17, 15) is 62.6 Å². The second kappa shape index (κ2) is 37.6. The molecule has 29 heteroatoms. The number of amides is 11. The van der Waals surface area contributed by atoms with E-state index in [2.05, 4.69) is 73.1 Å². The normalized spacial score (nSPS) is 14.7. The van der Waals surface area contributed by atoms with Crippen molar-refractivity contribution < 1.29 is 62.6 Å². The summed E-state index contributed by atoms with van der Waals surface area (Å²) in [6.45, 7) is 3.17. The molecule has 0 radical (unpaired) electrons. The predicted octanol–water partition coefficient (Wildman–Crippen LogP) is -4.06. The zero-order chi connectivity index (χ0) is 60.6. The SMILES string of the molecule is C[C@H](N)C(=O)N[C@@H](CS)C(=O)N[C@@H](CCCCN)C(=O)N[C@@H](CCC(N)=O)C(=O)N[C@@H](Cc1ccccc1)C(=O)N[C@@H](C)C(=O)N[C@@H](CS)C(=O)N[C@@H](CCCCN)C(=O)N[C@@H](CCC(N)=O)C(=O)N[C@@H](Cc1ccccc1)C(=O)O. The molecule has 2 aromatic carbocycles. The van der Waals surface area contributed by atoms with E-state index < -0.39 is 138 Å². The van der Waals surface area contributed by atoms with Crippen LogP contribution in [0.3, 0.4) is 0 Å². The number of aliphatic carboxylic acids is 1. The molecule has 0 bridgehead atoms. The van der Waals surface area contributed by atoms with Gasteiger partial charge in [-0.25, -0.2) is 4.79 Å². The first-order valence-electron chi connectivity index (χ1n) is 26.4. The Labute approximate surface area is 481 Å². The number of carboxylic acid groups (broad SMARTS) is 1. The van der Waals surface area contributed by atoms with Crippen molar-refractivity contribution in [1.82, 2.24) is 47.9 Å². The quantitative estimate of drug-likeness (QED) is 0.0224. The maximum atomic E-state index is 14.2. The standard InChI is InChI=1S/C52H80N14O13S2/c1-29(55)43(69)65-39(27-80)50(76)59-33(17-9-11-23-53)45(71)61-35(19-21-41(56)67)47(73)63-37(25-31-13-5-3-6-14-31)49(75)58-30(2)44(70)66-40(28-81)51(77)60-34(18-10-12-24-54)46(72)62-36(20-22-42(57)68)48(74)64-38(52(78)79)26-32-15-7-4-8-16-32/h3-8,13-16,29-30,33-40,80-81H,9-12,17-28,53-55H2,1-2H3,(H2,56,67)(H2,57,68)(H,58,75)(H,59,76)(H,60,77)(H,61,71)(H,62,72)(H,63,73)(H,64,74)(H,65,69)(H,66,70)(H,78,79)/t29-,30-,33-,34-,35-,36-,37-,38-,39-,40-/m0/s1. The Balaban J connectivity index is 2.35. The molecule has 0 saturated carbocycles. The van der Waals surface area contributed by atoms with Crippen molar-refractivity contribution in [3.63, 3.8) is 0 Å². The lowest BCUT2D eigenvalue weighted by atomic mass is 10.0. The lowest BCUT2D eigenvalue weighted by Gasteiger charge is -2.27. The van der Waals surface area contributed by atoms with Crippen LogP contribution in [-0.2, 0) is 70.4 Å². The molecule has 81 heavy (non-hydrogen) atoms. The van der Waals surface area contributed by atoms with Gasteiger partial charge in [-0.05, 0) is 89.4 Å². The smallest absolute Gasteiger partial charge is 0.326 e. The second-order valence-electron chi connectivity index (χ2n) is 19.2. The van der Waals surface area contributed by atoms with Crippen LogP contribution in [0.25, 0.3) is 0 Å². The third kappa shape index (κ3) is 26.7. The largest absolute Gasteiger partial charge is 0.480 e. The highest BCUT2D eigenvalue weighted by atomic mass is 32.1. The summed E-state index contributed by atoms with van der Waals surface area (Å²) in [6.07, 6.45) is -0.212. The minimum atomic E-state index is -1.52. The van der Waals surface area contributed by atoms with Gasteiger partial charge in [-0.3, -0.25) is 52.7 Å². The number of primary amides is 2. The Kier molecular flexibility index (Phi) is 32.4. The van der Waals surface area contributed by atoms with Crippen molar-refractivity contribution >= 4 is 96.2 Å². The number of benzene rings is 2. The summed E-state index contributed by atoms with van der Waals surface area (Å²) in [5, 5.41) is 32.5. The van der Waals surface area contributed by atoms with Gasteiger partial charge < -0.3 is 81.6 Å². The van der Waals surface area contributed by atoms with Gasteiger partial charge in [-0.1, -0.05) is 60.7 Å². The van der Waals surface area contributed by atoms with Gasteiger partial charge in [0.1, 0.15) is 54.4 Å². The zero-order valence-electron chi connectivity index (χ0n) is 45.5. The Morgan fingerprint density at radius 2 is 0.728 bits per heavy atom. The van der Waals surface area contributed by atoms with E-state index in [0.717, 1.165) is 0 Å². The number of hydrogen-bond acceptors (Lipinski definition) is 17. The maximum Gasteiger partial charge on any atom is 0.326 e. The molecule has 0 aliphatic heterocycles.